The van der Waals surface area contributed by atoms with E-state index in [9.17, 15) is 18.3 Å². The second kappa shape index (κ2) is 8.97. The molecule has 2 aliphatic rings. The Morgan fingerprint density at radius 2 is 2.03 bits per heavy atom. The predicted octanol–water partition coefficient (Wildman–Crippen LogP) is 2.05. The Kier molecular flexibility index (Phi) is 6.27. The van der Waals surface area contributed by atoms with Gasteiger partial charge in [0.05, 0.1) is 38.2 Å². The van der Waals surface area contributed by atoms with E-state index in [0.29, 0.717) is 23.6 Å². The van der Waals surface area contributed by atoms with Gasteiger partial charge in [0.1, 0.15) is 23.7 Å². The van der Waals surface area contributed by atoms with Crippen LogP contribution in [0.15, 0.2) is 47.4 Å². The Morgan fingerprint density at radius 3 is 2.75 bits per heavy atom. The lowest BCUT2D eigenvalue weighted by atomic mass is 9.84. The number of carbonyl (C=O) groups excluding carboxylic acids is 1. The normalized spacial score (nSPS) is 24.1. The average molecular weight is 464 g/mol. The molecule has 2 aromatic rings. The molecular formula is C22H25NO8S. The highest BCUT2D eigenvalue weighted by Crippen LogP contribution is 2.47. The first-order valence-corrected chi connectivity index (χ1v) is 11.6. The van der Waals surface area contributed by atoms with Crippen LogP contribution in [0.4, 0.5) is 5.69 Å². The largest absolute Gasteiger partial charge is 0.497 e. The van der Waals surface area contributed by atoms with Crippen LogP contribution in [0.3, 0.4) is 0 Å². The standard InChI is InChI=1S/C22H25NO8S/c1-28-14-4-3-5-16(9-14)32(26,27)23-13-6-7-19-17(8-13)18-10-15(11-21(25)29-2)30-20(12-24)22(18)31-19/h3-9,15,18,20,22-24H,10-12H2,1-2H3/t15-,18-,20-,22+/m1/s1. The van der Waals surface area contributed by atoms with Gasteiger partial charge in [0, 0.05) is 23.2 Å². The van der Waals surface area contributed by atoms with Crippen molar-refractivity contribution in [3.05, 3.63) is 48.0 Å². The maximum absolute atomic E-state index is 12.9. The summed E-state index contributed by atoms with van der Waals surface area (Å²) in [7, 11) is -1.05. The fraction of sp³-hybridized carbons (Fsp3) is 0.409. The minimum absolute atomic E-state index is 0.0632. The van der Waals surface area contributed by atoms with Crippen LogP contribution >= 0.6 is 0 Å². The van der Waals surface area contributed by atoms with E-state index >= 15 is 0 Å². The molecule has 4 rings (SSSR count). The molecule has 172 valence electrons. The van der Waals surface area contributed by atoms with Gasteiger partial charge in [0.2, 0.25) is 0 Å². The zero-order chi connectivity index (χ0) is 22.9. The highest BCUT2D eigenvalue weighted by molar-refractivity contribution is 7.92. The second-order valence-electron chi connectivity index (χ2n) is 7.72. The number of hydrogen-bond acceptors (Lipinski definition) is 8. The fourth-order valence-electron chi connectivity index (χ4n) is 4.20. The lowest BCUT2D eigenvalue weighted by Crippen LogP contribution is -2.46. The quantitative estimate of drug-likeness (QED) is 0.599. The summed E-state index contributed by atoms with van der Waals surface area (Å²) in [6.45, 7) is -0.262. The van der Waals surface area contributed by atoms with Crippen LogP contribution in [0.5, 0.6) is 11.5 Å². The number of sulfonamides is 1. The number of benzene rings is 2. The van der Waals surface area contributed by atoms with Crippen molar-refractivity contribution in [1.29, 1.82) is 0 Å². The number of nitrogens with one attached hydrogen (secondary N) is 1. The minimum Gasteiger partial charge on any atom is -0.497 e. The molecule has 9 nitrogen and oxygen atoms in total. The highest BCUT2D eigenvalue weighted by atomic mass is 32.2. The average Bonchev–Trinajstić information content (AvgIpc) is 3.16. The molecule has 1 saturated heterocycles. The van der Waals surface area contributed by atoms with Gasteiger partial charge in [-0.1, -0.05) is 6.07 Å². The van der Waals surface area contributed by atoms with Crippen molar-refractivity contribution < 1.29 is 37.3 Å². The number of anilines is 1. The molecule has 0 saturated carbocycles. The van der Waals surface area contributed by atoms with Crippen molar-refractivity contribution in [1.82, 2.24) is 0 Å². The van der Waals surface area contributed by atoms with Crippen LogP contribution < -0.4 is 14.2 Å². The van der Waals surface area contributed by atoms with Crippen molar-refractivity contribution in [2.24, 2.45) is 0 Å². The Balaban J connectivity index is 1.58. The third kappa shape index (κ3) is 4.38. The van der Waals surface area contributed by atoms with Gasteiger partial charge in [-0.2, -0.15) is 0 Å². The summed E-state index contributed by atoms with van der Waals surface area (Å²) >= 11 is 0. The van der Waals surface area contributed by atoms with E-state index in [1.54, 1.807) is 30.3 Å². The first-order valence-electron chi connectivity index (χ1n) is 10.1. The molecule has 10 heteroatoms. The number of carbonyl (C=O) groups is 1. The van der Waals surface area contributed by atoms with E-state index in [0.717, 1.165) is 5.56 Å². The smallest absolute Gasteiger partial charge is 0.308 e. The van der Waals surface area contributed by atoms with E-state index in [4.69, 9.17) is 18.9 Å². The first kappa shape index (κ1) is 22.4. The molecule has 2 N–H and O–H groups in total. The summed E-state index contributed by atoms with van der Waals surface area (Å²) in [5.41, 5.74) is 1.19. The summed E-state index contributed by atoms with van der Waals surface area (Å²) in [6.07, 6.45) is -0.919. The fourth-order valence-corrected chi connectivity index (χ4v) is 5.29. The van der Waals surface area contributed by atoms with Crippen molar-refractivity contribution >= 4 is 21.7 Å². The Hall–Kier alpha value is -2.82. The van der Waals surface area contributed by atoms with Crippen LogP contribution in [0.25, 0.3) is 0 Å². The maximum atomic E-state index is 12.9. The molecule has 0 bridgehead atoms. The van der Waals surface area contributed by atoms with E-state index in [1.807, 2.05) is 0 Å². The molecular weight excluding hydrogens is 438 g/mol. The van der Waals surface area contributed by atoms with Gasteiger partial charge in [-0.15, -0.1) is 0 Å². The van der Waals surface area contributed by atoms with Gasteiger partial charge in [-0.25, -0.2) is 8.42 Å². The Bertz CT molecular complexity index is 1100. The number of methoxy groups -OCH3 is 2. The number of ether oxygens (including phenoxy) is 4. The third-order valence-corrected chi connectivity index (χ3v) is 7.10. The summed E-state index contributed by atoms with van der Waals surface area (Å²) in [4.78, 5) is 11.8. The molecule has 32 heavy (non-hydrogen) atoms. The maximum Gasteiger partial charge on any atom is 0.308 e. The molecule has 0 radical (unpaired) electrons. The lowest BCUT2D eigenvalue weighted by molar-refractivity contribution is -0.156. The summed E-state index contributed by atoms with van der Waals surface area (Å²) in [5.74, 6) is 0.480. The van der Waals surface area contributed by atoms with Crippen molar-refractivity contribution in [3.63, 3.8) is 0 Å². The number of rotatable bonds is 7. The van der Waals surface area contributed by atoms with Crippen LogP contribution in [0.1, 0.15) is 24.3 Å². The summed E-state index contributed by atoms with van der Waals surface area (Å²) in [5, 5.41) is 9.78. The van der Waals surface area contributed by atoms with E-state index in [1.165, 1.54) is 26.4 Å². The van der Waals surface area contributed by atoms with Gasteiger partial charge >= 0.3 is 5.97 Å². The highest BCUT2D eigenvalue weighted by Gasteiger charge is 2.46. The topological polar surface area (TPSA) is 120 Å². The number of hydrogen-bond donors (Lipinski definition) is 2. The Morgan fingerprint density at radius 1 is 1.22 bits per heavy atom. The van der Waals surface area contributed by atoms with Crippen LogP contribution in [-0.4, -0.2) is 58.6 Å². The number of aliphatic hydroxyl groups excluding tert-OH is 1. The molecule has 0 unspecified atom stereocenters. The van der Waals surface area contributed by atoms with Crippen LogP contribution in [-0.2, 0) is 24.3 Å². The Labute approximate surface area is 186 Å². The SMILES string of the molecule is COC(=O)C[C@H]1C[C@@H]2c3cc(NS(=O)(=O)c4cccc(OC)c4)ccc3O[C@@H]2[C@@H](CO)O1. The van der Waals surface area contributed by atoms with Crippen molar-refractivity contribution in [2.45, 2.75) is 42.0 Å². The van der Waals surface area contributed by atoms with E-state index in [2.05, 4.69) is 4.72 Å². The van der Waals surface area contributed by atoms with Crippen LogP contribution in [0.2, 0.25) is 0 Å². The lowest BCUT2D eigenvalue weighted by Gasteiger charge is -2.36. The van der Waals surface area contributed by atoms with Gasteiger partial charge in [-0.05, 0) is 36.8 Å². The molecule has 2 heterocycles. The first-order chi connectivity index (χ1) is 15.3. The zero-order valence-electron chi connectivity index (χ0n) is 17.7. The van der Waals surface area contributed by atoms with E-state index in [-0.39, 0.29) is 23.8 Å². The van der Waals surface area contributed by atoms with Gasteiger partial charge in [0.15, 0.2) is 0 Å². The molecule has 0 spiro atoms. The minimum atomic E-state index is -3.83. The summed E-state index contributed by atoms with van der Waals surface area (Å²) in [6, 6.07) is 11.2. The molecule has 2 aliphatic heterocycles. The van der Waals surface area contributed by atoms with E-state index < -0.39 is 34.3 Å². The monoisotopic (exact) mass is 463 g/mol. The predicted molar refractivity (Wildman–Crippen MR) is 114 cm³/mol. The van der Waals surface area contributed by atoms with Crippen LogP contribution in [0, 0.1) is 0 Å². The molecule has 2 aromatic carbocycles. The zero-order valence-corrected chi connectivity index (χ0v) is 18.5. The molecule has 0 aromatic heterocycles. The second-order valence-corrected chi connectivity index (χ2v) is 9.40. The number of esters is 1. The van der Waals surface area contributed by atoms with Gasteiger partial charge in [-0.3, -0.25) is 9.52 Å². The van der Waals surface area contributed by atoms with Crippen molar-refractivity contribution in [3.8, 4) is 11.5 Å². The number of fused-ring (bicyclic) bond motifs is 3. The number of aliphatic hydroxyl groups is 1. The van der Waals surface area contributed by atoms with Gasteiger partial charge < -0.3 is 24.1 Å². The summed E-state index contributed by atoms with van der Waals surface area (Å²) < 4.78 is 50.0. The molecule has 0 amide bonds. The third-order valence-electron chi connectivity index (χ3n) is 5.73. The molecule has 4 atom stereocenters. The molecule has 1 fully saturated rings. The van der Waals surface area contributed by atoms with Gasteiger partial charge in [0.25, 0.3) is 10.0 Å². The molecule has 0 aliphatic carbocycles. The van der Waals surface area contributed by atoms with Crippen molar-refractivity contribution in [2.75, 3.05) is 25.5 Å².